The molecular weight excluding hydrogens is 439 g/mol. The van der Waals surface area contributed by atoms with Crippen molar-refractivity contribution in [3.05, 3.63) is 63.2 Å². The molecule has 2 N–H and O–H groups in total. The minimum absolute atomic E-state index is 0.146. The summed E-state index contributed by atoms with van der Waals surface area (Å²) in [7, 11) is 0. The van der Waals surface area contributed by atoms with Crippen molar-refractivity contribution in [2.75, 3.05) is 31.1 Å². The van der Waals surface area contributed by atoms with E-state index in [0.29, 0.717) is 22.7 Å². The normalized spacial score (nSPS) is 14.4. The van der Waals surface area contributed by atoms with Crippen molar-refractivity contribution >= 4 is 28.6 Å². The van der Waals surface area contributed by atoms with Crippen LogP contribution in [-0.2, 0) is 6.54 Å². The molecule has 0 amide bonds. The van der Waals surface area contributed by atoms with E-state index < -0.39 is 0 Å². The van der Waals surface area contributed by atoms with Crippen molar-refractivity contribution in [2.45, 2.75) is 34.2 Å². The van der Waals surface area contributed by atoms with Crippen LogP contribution in [0.4, 0.5) is 10.3 Å². The molecule has 172 valence electrons. The number of anilines is 1. The molecule has 4 aromatic rings. The van der Waals surface area contributed by atoms with E-state index in [4.69, 9.17) is 16.6 Å². The number of nitrogens with zero attached hydrogens (tertiary/aromatic N) is 4. The lowest BCUT2D eigenvalue weighted by Gasteiger charge is -2.29. The van der Waals surface area contributed by atoms with Crippen molar-refractivity contribution in [3.8, 4) is 11.1 Å². The molecule has 0 spiro atoms. The van der Waals surface area contributed by atoms with E-state index in [-0.39, 0.29) is 5.82 Å². The second-order valence-electron chi connectivity index (χ2n) is 8.91. The number of halogens is 2. The molecule has 2 aromatic carbocycles. The highest BCUT2D eigenvalue weighted by Crippen LogP contribution is 2.37. The Morgan fingerprint density at radius 2 is 1.73 bits per heavy atom. The number of rotatable bonds is 4. The van der Waals surface area contributed by atoms with Gasteiger partial charge in [0, 0.05) is 48.0 Å². The van der Waals surface area contributed by atoms with Crippen molar-refractivity contribution in [3.63, 3.8) is 0 Å². The molecule has 1 saturated heterocycles. The van der Waals surface area contributed by atoms with Gasteiger partial charge in [0.2, 0.25) is 5.95 Å². The Labute approximate surface area is 197 Å². The van der Waals surface area contributed by atoms with Gasteiger partial charge < -0.3 is 14.8 Å². The summed E-state index contributed by atoms with van der Waals surface area (Å²) in [5, 5.41) is 11.5. The summed E-state index contributed by atoms with van der Waals surface area (Å²) in [6.45, 7) is 11.8. The second-order valence-corrected chi connectivity index (χ2v) is 9.35. The Hall–Kier alpha value is -2.90. The van der Waals surface area contributed by atoms with Crippen LogP contribution < -0.4 is 10.2 Å². The Bertz CT molecular complexity index is 1310. The standard InChI is InChI=1S/C25H28ClFN6/c1-14-9-18(10-15(2)23(14)27)13-33-21-12-19(26)11-20(22-16(3)30-31-17(22)4)24(21)29-25(33)32-7-5-28-6-8-32/h9-12,28H,5-8,13H2,1-4H3,(H,30,31). The first-order valence-electron chi connectivity index (χ1n) is 11.3. The molecule has 5 rings (SSSR count). The molecule has 33 heavy (non-hydrogen) atoms. The monoisotopic (exact) mass is 466 g/mol. The Balaban J connectivity index is 1.74. The van der Waals surface area contributed by atoms with E-state index in [1.165, 1.54) is 0 Å². The number of aryl methyl sites for hydroxylation is 4. The van der Waals surface area contributed by atoms with Crippen molar-refractivity contribution in [1.29, 1.82) is 0 Å². The molecule has 0 radical (unpaired) electrons. The number of fused-ring (bicyclic) bond motifs is 1. The third-order valence-electron chi connectivity index (χ3n) is 6.43. The fourth-order valence-corrected chi connectivity index (χ4v) is 5.10. The highest BCUT2D eigenvalue weighted by molar-refractivity contribution is 6.31. The van der Waals surface area contributed by atoms with Gasteiger partial charge in [0.15, 0.2) is 0 Å². The molecule has 1 fully saturated rings. The number of hydrogen-bond acceptors (Lipinski definition) is 4. The summed E-state index contributed by atoms with van der Waals surface area (Å²) in [5.41, 5.74) is 8.12. The maximum absolute atomic E-state index is 14.3. The van der Waals surface area contributed by atoms with Crippen LogP contribution in [0.15, 0.2) is 24.3 Å². The van der Waals surface area contributed by atoms with Gasteiger partial charge >= 0.3 is 0 Å². The Morgan fingerprint density at radius 1 is 1.03 bits per heavy atom. The SMILES string of the molecule is Cc1cc(Cn2c(N3CCNCC3)nc3c(-c4c(C)n[nH]c4C)cc(Cl)cc32)cc(C)c1F. The van der Waals surface area contributed by atoms with Gasteiger partial charge in [-0.25, -0.2) is 9.37 Å². The quantitative estimate of drug-likeness (QED) is 0.448. The first-order chi connectivity index (χ1) is 15.8. The third-order valence-corrected chi connectivity index (χ3v) is 6.65. The van der Waals surface area contributed by atoms with E-state index in [0.717, 1.165) is 71.2 Å². The molecular formula is C25H28ClFN6. The zero-order valence-electron chi connectivity index (χ0n) is 19.4. The van der Waals surface area contributed by atoms with Gasteiger partial charge in [-0.15, -0.1) is 0 Å². The first-order valence-corrected chi connectivity index (χ1v) is 11.6. The van der Waals surface area contributed by atoms with Crippen LogP contribution in [0.25, 0.3) is 22.2 Å². The van der Waals surface area contributed by atoms with Crippen LogP contribution in [0.5, 0.6) is 0 Å². The summed E-state index contributed by atoms with van der Waals surface area (Å²) >= 11 is 6.64. The van der Waals surface area contributed by atoms with E-state index in [2.05, 4.69) is 25.0 Å². The molecule has 3 heterocycles. The van der Waals surface area contributed by atoms with Gasteiger partial charge in [-0.3, -0.25) is 5.10 Å². The molecule has 0 bridgehead atoms. The smallest absolute Gasteiger partial charge is 0.206 e. The van der Waals surface area contributed by atoms with Gasteiger partial charge in [-0.2, -0.15) is 5.10 Å². The molecule has 1 aliphatic rings. The average Bonchev–Trinajstić information content (AvgIpc) is 3.31. The number of hydrogen-bond donors (Lipinski definition) is 2. The number of nitrogens with one attached hydrogen (secondary N) is 2. The number of aromatic amines is 1. The molecule has 1 aliphatic heterocycles. The van der Waals surface area contributed by atoms with E-state index >= 15 is 0 Å². The van der Waals surface area contributed by atoms with Crippen LogP contribution in [0.3, 0.4) is 0 Å². The second kappa shape index (κ2) is 8.47. The highest BCUT2D eigenvalue weighted by Gasteiger charge is 2.23. The largest absolute Gasteiger partial charge is 0.340 e. The first kappa shape index (κ1) is 21.9. The summed E-state index contributed by atoms with van der Waals surface area (Å²) < 4.78 is 16.5. The number of aromatic nitrogens is 4. The van der Waals surface area contributed by atoms with Crippen LogP contribution >= 0.6 is 11.6 Å². The van der Waals surface area contributed by atoms with E-state index in [1.54, 1.807) is 0 Å². The van der Waals surface area contributed by atoms with E-state index in [1.807, 2.05) is 52.0 Å². The predicted molar refractivity (Wildman–Crippen MR) is 132 cm³/mol. The van der Waals surface area contributed by atoms with Crippen LogP contribution in [-0.4, -0.2) is 45.9 Å². The van der Waals surface area contributed by atoms with Gasteiger partial charge in [0.05, 0.1) is 23.3 Å². The highest BCUT2D eigenvalue weighted by atomic mass is 35.5. The third kappa shape index (κ3) is 3.89. The zero-order valence-corrected chi connectivity index (χ0v) is 20.1. The lowest BCUT2D eigenvalue weighted by atomic mass is 10.0. The fraction of sp³-hybridized carbons (Fsp3) is 0.360. The molecule has 8 heteroatoms. The Morgan fingerprint density at radius 3 is 2.36 bits per heavy atom. The summed E-state index contributed by atoms with van der Waals surface area (Å²) in [5.74, 6) is 0.765. The van der Waals surface area contributed by atoms with Crippen molar-refractivity contribution < 1.29 is 4.39 Å². The molecule has 2 aromatic heterocycles. The van der Waals surface area contributed by atoms with Gasteiger partial charge in [-0.1, -0.05) is 23.7 Å². The minimum atomic E-state index is -0.146. The number of imidazole rings is 1. The number of piperazine rings is 1. The van der Waals surface area contributed by atoms with Crippen molar-refractivity contribution in [2.24, 2.45) is 0 Å². The lowest BCUT2D eigenvalue weighted by Crippen LogP contribution is -2.44. The summed E-state index contributed by atoms with van der Waals surface area (Å²) in [4.78, 5) is 7.47. The zero-order chi connectivity index (χ0) is 23.3. The fourth-order valence-electron chi connectivity index (χ4n) is 4.89. The van der Waals surface area contributed by atoms with Gasteiger partial charge in [0.25, 0.3) is 0 Å². The minimum Gasteiger partial charge on any atom is -0.340 e. The van der Waals surface area contributed by atoms with Gasteiger partial charge in [0.1, 0.15) is 5.82 Å². The summed E-state index contributed by atoms with van der Waals surface area (Å²) in [6, 6.07) is 7.80. The molecule has 0 saturated carbocycles. The number of benzene rings is 2. The van der Waals surface area contributed by atoms with Crippen LogP contribution in [0, 0.1) is 33.5 Å². The maximum atomic E-state index is 14.3. The average molecular weight is 467 g/mol. The molecule has 0 atom stereocenters. The lowest BCUT2D eigenvalue weighted by molar-refractivity contribution is 0.571. The maximum Gasteiger partial charge on any atom is 0.206 e. The Kier molecular flexibility index (Phi) is 5.62. The topological polar surface area (TPSA) is 61.8 Å². The molecule has 0 unspecified atom stereocenters. The van der Waals surface area contributed by atoms with Gasteiger partial charge in [-0.05, 0) is 56.5 Å². The van der Waals surface area contributed by atoms with Crippen molar-refractivity contribution in [1.82, 2.24) is 25.1 Å². The predicted octanol–water partition coefficient (Wildman–Crippen LogP) is 4.91. The molecule has 6 nitrogen and oxygen atoms in total. The summed E-state index contributed by atoms with van der Waals surface area (Å²) in [6.07, 6.45) is 0. The molecule has 0 aliphatic carbocycles. The van der Waals surface area contributed by atoms with Crippen LogP contribution in [0.1, 0.15) is 28.1 Å². The van der Waals surface area contributed by atoms with Crippen LogP contribution in [0.2, 0.25) is 5.02 Å². The van der Waals surface area contributed by atoms with E-state index in [9.17, 15) is 4.39 Å². The number of H-pyrrole nitrogens is 1.